The molecule has 3 rings (SSSR count). The first kappa shape index (κ1) is 18.2. The van der Waals surface area contributed by atoms with Gasteiger partial charge in [-0.3, -0.25) is 9.48 Å². The van der Waals surface area contributed by atoms with Crippen LogP contribution in [-0.4, -0.2) is 56.2 Å². The van der Waals surface area contributed by atoms with E-state index in [0.717, 1.165) is 32.0 Å². The van der Waals surface area contributed by atoms with Gasteiger partial charge in [-0.25, -0.2) is 10.3 Å². The van der Waals surface area contributed by atoms with Gasteiger partial charge in [-0.15, -0.1) is 0 Å². The first-order valence-electron chi connectivity index (χ1n) is 8.70. The molecule has 0 radical (unpaired) electrons. The summed E-state index contributed by atoms with van der Waals surface area (Å²) in [7, 11) is 3.76. The molecule has 0 spiro atoms. The van der Waals surface area contributed by atoms with Gasteiger partial charge in [0.1, 0.15) is 30.8 Å². The molecule has 2 aromatic heterocycles. The average Bonchev–Trinajstić information content (AvgIpc) is 2.72. The van der Waals surface area contributed by atoms with Gasteiger partial charge in [0.15, 0.2) is 5.82 Å². The van der Waals surface area contributed by atoms with Gasteiger partial charge in [0.25, 0.3) is 5.82 Å². The van der Waals surface area contributed by atoms with Crippen molar-refractivity contribution in [1.29, 1.82) is 10.5 Å². The predicted octanol–water partition coefficient (Wildman–Crippen LogP) is 0.678. The molecule has 0 saturated carbocycles. The molecule has 1 aliphatic heterocycles. The van der Waals surface area contributed by atoms with Crippen molar-refractivity contribution >= 4 is 23.8 Å². The van der Waals surface area contributed by atoms with Crippen LogP contribution in [0.25, 0.3) is 0 Å². The van der Waals surface area contributed by atoms with Crippen LogP contribution in [0.15, 0.2) is 30.5 Å². The van der Waals surface area contributed by atoms with Crippen LogP contribution in [0.4, 0.5) is 17.5 Å². The largest absolute Gasteiger partial charge is 0.348 e. The summed E-state index contributed by atoms with van der Waals surface area (Å²) in [6, 6.07) is 11.9. The van der Waals surface area contributed by atoms with Gasteiger partial charge in [-0.1, -0.05) is 6.07 Å². The Labute approximate surface area is 158 Å². The number of aromatic nitrogens is 2. The SMILES string of the molecule is C[N+](C)=CNc1nc(N2CCN(c3cccc[nH+]3)CC2)c(C#N)cc1C#N. The summed E-state index contributed by atoms with van der Waals surface area (Å²) in [5, 5.41) is 21.9. The van der Waals surface area contributed by atoms with Crippen molar-refractivity contribution in [2.75, 3.05) is 55.4 Å². The fraction of sp³-hybridized carbons (Fsp3) is 0.316. The minimum atomic E-state index is 0.353. The van der Waals surface area contributed by atoms with Crippen LogP contribution < -0.4 is 20.1 Å². The van der Waals surface area contributed by atoms with Crippen molar-refractivity contribution < 1.29 is 9.56 Å². The Hall–Kier alpha value is -3.65. The number of nitrogens with zero attached hydrogens (tertiary/aromatic N) is 6. The van der Waals surface area contributed by atoms with Crippen LogP contribution in [0.5, 0.6) is 0 Å². The van der Waals surface area contributed by atoms with E-state index in [4.69, 9.17) is 0 Å². The van der Waals surface area contributed by atoms with Gasteiger partial charge in [-0.05, 0) is 12.1 Å². The lowest BCUT2D eigenvalue weighted by Crippen LogP contribution is -2.48. The predicted molar refractivity (Wildman–Crippen MR) is 103 cm³/mol. The van der Waals surface area contributed by atoms with E-state index in [1.165, 1.54) is 0 Å². The van der Waals surface area contributed by atoms with E-state index in [1.807, 2.05) is 37.0 Å². The smallest absolute Gasteiger partial charge is 0.274 e. The highest BCUT2D eigenvalue weighted by Crippen LogP contribution is 2.25. The number of hydrogen-bond acceptors (Lipinski definition) is 5. The fourth-order valence-electron chi connectivity index (χ4n) is 2.95. The number of rotatable bonds is 4. The number of hydrogen-bond donors (Lipinski definition) is 1. The van der Waals surface area contributed by atoms with Crippen LogP contribution in [0.2, 0.25) is 0 Å². The molecule has 1 saturated heterocycles. The first-order chi connectivity index (χ1) is 13.1. The summed E-state index contributed by atoms with van der Waals surface area (Å²) in [6.45, 7) is 3.12. The van der Waals surface area contributed by atoms with Gasteiger partial charge in [0, 0.05) is 6.07 Å². The Morgan fingerprint density at radius 3 is 2.41 bits per heavy atom. The molecule has 0 aromatic carbocycles. The Morgan fingerprint density at radius 1 is 1.11 bits per heavy atom. The van der Waals surface area contributed by atoms with Crippen molar-refractivity contribution in [1.82, 2.24) is 4.98 Å². The highest BCUT2D eigenvalue weighted by Gasteiger charge is 2.26. The maximum absolute atomic E-state index is 9.53. The van der Waals surface area contributed by atoms with Crippen molar-refractivity contribution in [3.8, 4) is 12.1 Å². The number of pyridine rings is 2. The second-order valence-electron chi connectivity index (χ2n) is 6.44. The van der Waals surface area contributed by atoms with Crippen molar-refractivity contribution in [2.24, 2.45) is 0 Å². The molecule has 27 heavy (non-hydrogen) atoms. The minimum absolute atomic E-state index is 0.353. The Morgan fingerprint density at radius 2 is 1.81 bits per heavy atom. The molecule has 2 N–H and O–H groups in total. The molecule has 0 unspecified atom stereocenters. The van der Waals surface area contributed by atoms with E-state index < -0.39 is 0 Å². The zero-order valence-corrected chi connectivity index (χ0v) is 15.5. The molecular formula is C19H22N8+2. The Bertz CT molecular complexity index is 911. The maximum Gasteiger partial charge on any atom is 0.274 e. The number of H-pyrrole nitrogens is 1. The second-order valence-corrected chi connectivity index (χ2v) is 6.44. The van der Waals surface area contributed by atoms with Crippen molar-refractivity contribution in [3.63, 3.8) is 0 Å². The summed E-state index contributed by atoms with van der Waals surface area (Å²) in [5.74, 6) is 2.15. The molecule has 0 atom stereocenters. The van der Waals surface area contributed by atoms with E-state index in [1.54, 1.807) is 12.4 Å². The van der Waals surface area contributed by atoms with E-state index in [2.05, 4.69) is 43.3 Å². The normalized spacial score (nSPS) is 13.5. The molecule has 3 heterocycles. The summed E-state index contributed by atoms with van der Waals surface area (Å²) < 4.78 is 1.83. The summed E-state index contributed by atoms with van der Waals surface area (Å²) >= 11 is 0. The zero-order valence-electron chi connectivity index (χ0n) is 15.5. The highest BCUT2D eigenvalue weighted by atomic mass is 15.3. The minimum Gasteiger partial charge on any atom is -0.348 e. The number of nitriles is 2. The lowest BCUT2D eigenvalue weighted by molar-refractivity contribution is -0.459. The lowest BCUT2D eigenvalue weighted by atomic mass is 10.1. The molecule has 8 nitrogen and oxygen atoms in total. The number of piperazine rings is 1. The van der Waals surface area contributed by atoms with E-state index in [9.17, 15) is 10.5 Å². The van der Waals surface area contributed by atoms with E-state index >= 15 is 0 Å². The molecule has 1 aliphatic rings. The van der Waals surface area contributed by atoms with Gasteiger partial charge in [0.05, 0.1) is 38.9 Å². The Balaban J connectivity index is 1.84. The van der Waals surface area contributed by atoms with Crippen LogP contribution >= 0.6 is 0 Å². The molecule has 0 aliphatic carbocycles. The third kappa shape index (κ3) is 4.13. The zero-order chi connectivity index (χ0) is 19.2. The van der Waals surface area contributed by atoms with E-state index in [-0.39, 0.29) is 0 Å². The quantitative estimate of drug-likeness (QED) is 0.488. The third-order valence-corrected chi connectivity index (χ3v) is 4.32. The topological polar surface area (TPSA) is 96.1 Å². The summed E-state index contributed by atoms with van der Waals surface area (Å²) in [4.78, 5) is 12.2. The van der Waals surface area contributed by atoms with Crippen molar-refractivity contribution in [3.05, 3.63) is 41.6 Å². The lowest BCUT2D eigenvalue weighted by Gasteiger charge is -2.32. The Kier molecular flexibility index (Phi) is 5.48. The van der Waals surface area contributed by atoms with Gasteiger partial charge in [0.2, 0.25) is 12.2 Å². The number of anilines is 3. The molecule has 1 fully saturated rings. The monoisotopic (exact) mass is 362 g/mol. The van der Waals surface area contributed by atoms with Crippen LogP contribution in [-0.2, 0) is 0 Å². The summed E-state index contributed by atoms with van der Waals surface area (Å²) in [5.41, 5.74) is 0.771. The second kappa shape index (κ2) is 8.15. The third-order valence-electron chi connectivity index (χ3n) is 4.32. The summed E-state index contributed by atoms with van der Waals surface area (Å²) in [6.07, 6.45) is 3.64. The fourth-order valence-corrected chi connectivity index (χ4v) is 2.95. The highest BCUT2D eigenvalue weighted by molar-refractivity contribution is 5.76. The number of nitrogens with one attached hydrogen (secondary N) is 2. The molecule has 8 heteroatoms. The molecular weight excluding hydrogens is 340 g/mol. The van der Waals surface area contributed by atoms with E-state index in [0.29, 0.717) is 22.8 Å². The number of aromatic amines is 1. The van der Waals surface area contributed by atoms with Gasteiger partial charge in [-0.2, -0.15) is 15.5 Å². The molecule has 2 aromatic rings. The van der Waals surface area contributed by atoms with Gasteiger partial charge >= 0.3 is 0 Å². The molecule has 0 bridgehead atoms. The van der Waals surface area contributed by atoms with Crippen LogP contribution in [0.1, 0.15) is 11.1 Å². The average molecular weight is 362 g/mol. The molecule has 136 valence electrons. The van der Waals surface area contributed by atoms with Crippen LogP contribution in [0.3, 0.4) is 0 Å². The standard InChI is InChI=1S/C19H20N8/c1-25(2)14-23-18-15(12-20)11-16(13-21)19(24-18)27-9-7-26(8-10-27)17-5-3-4-6-22-17/h3-6,11,14H,7-10H2,1-2H3/p+2. The van der Waals surface area contributed by atoms with Gasteiger partial charge < -0.3 is 4.90 Å². The maximum atomic E-state index is 9.53. The van der Waals surface area contributed by atoms with Crippen molar-refractivity contribution in [2.45, 2.75) is 0 Å². The first-order valence-corrected chi connectivity index (χ1v) is 8.70. The van der Waals surface area contributed by atoms with Crippen LogP contribution in [0, 0.1) is 22.7 Å². The molecule has 0 amide bonds.